The lowest BCUT2D eigenvalue weighted by Crippen LogP contribution is -2.45. The zero-order valence-electron chi connectivity index (χ0n) is 17.6. The number of aliphatic hydroxyl groups excluding tert-OH is 1. The van der Waals surface area contributed by atoms with Gasteiger partial charge in [-0.3, -0.25) is 4.79 Å². The van der Waals surface area contributed by atoms with Crippen LogP contribution in [0.2, 0.25) is 0 Å². The molecule has 0 saturated carbocycles. The maximum absolute atomic E-state index is 13.2. The van der Waals surface area contributed by atoms with E-state index in [2.05, 4.69) is 9.97 Å². The zero-order valence-corrected chi connectivity index (χ0v) is 20.9. The third-order valence-corrected chi connectivity index (χ3v) is 9.50. The SMILES string of the molecule is NC(=O)COC(=O)C1(CSc2nc3ccccc3s2)OC(=O)C(O)=C1Sc1nc2ccccc2s1. The summed E-state index contributed by atoms with van der Waals surface area (Å²) in [5, 5.41) is 10.6. The standard InChI is InChI=1S/C22H15N3O6S4/c23-15(26)9-30-19(29)22(10-32-20-24-11-5-1-3-7-13(11)33-20)17(16(27)18(28)31-22)35-21-25-12-6-2-4-8-14(12)34-21/h1-8,27H,9-10H2,(H2,23,26). The van der Waals surface area contributed by atoms with Gasteiger partial charge in [0.05, 0.1) is 31.1 Å². The minimum atomic E-state index is -2.01. The number of esters is 2. The van der Waals surface area contributed by atoms with Gasteiger partial charge < -0.3 is 20.3 Å². The lowest BCUT2D eigenvalue weighted by Gasteiger charge is -2.26. The first-order valence-electron chi connectivity index (χ1n) is 10.00. The Hall–Kier alpha value is -3.13. The fourth-order valence-corrected chi connectivity index (χ4v) is 7.79. The summed E-state index contributed by atoms with van der Waals surface area (Å²) in [6, 6.07) is 15.0. The fourth-order valence-electron chi connectivity index (χ4n) is 3.27. The van der Waals surface area contributed by atoms with Gasteiger partial charge in [0.25, 0.3) is 11.5 Å². The molecule has 0 fully saturated rings. The lowest BCUT2D eigenvalue weighted by molar-refractivity contribution is -0.171. The Morgan fingerprint density at radius 1 is 1.03 bits per heavy atom. The van der Waals surface area contributed by atoms with Crippen LogP contribution in [0.25, 0.3) is 20.4 Å². The van der Waals surface area contributed by atoms with Gasteiger partial charge in [0.15, 0.2) is 15.3 Å². The van der Waals surface area contributed by atoms with Crippen molar-refractivity contribution in [3.8, 4) is 0 Å². The number of cyclic esters (lactones) is 1. The largest absolute Gasteiger partial charge is 0.501 e. The Labute approximate surface area is 214 Å². The zero-order chi connectivity index (χ0) is 24.6. The van der Waals surface area contributed by atoms with Crippen molar-refractivity contribution in [1.82, 2.24) is 9.97 Å². The van der Waals surface area contributed by atoms with Crippen molar-refractivity contribution in [2.24, 2.45) is 5.73 Å². The Kier molecular flexibility index (Phi) is 6.40. The highest BCUT2D eigenvalue weighted by molar-refractivity contribution is 8.05. The molecule has 178 valence electrons. The van der Waals surface area contributed by atoms with Crippen molar-refractivity contribution in [2.75, 3.05) is 12.4 Å². The number of carbonyl (C=O) groups excluding carboxylic acids is 3. The molecule has 2 aromatic heterocycles. The van der Waals surface area contributed by atoms with Crippen LogP contribution in [0, 0.1) is 0 Å². The highest BCUT2D eigenvalue weighted by atomic mass is 32.2. The minimum Gasteiger partial charge on any atom is -0.501 e. The molecule has 13 heteroatoms. The number of rotatable bonds is 8. The van der Waals surface area contributed by atoms with E-state index in [1.807, 2.05) is 48.5 Å². The minimum absolute atomic E-state index is 0.0652. The van der Waals surface area contributed by atoms with Gasteiger partial charge in [-0.15, -0.1) is 22.7 Å². The topological polar surface area (TPSA) is 142 Å². The van der Waals surface area contributed by atoms with Crippen LogP contribution in [0.5, 0.6) is 0 Å². The number of benzene rings is 2. The average Bonchev–Trinajstić information content (AvgIpc) is 3.51. The molecule has 9 nitrogen and oxygen atoms in total. The number of fused-ring (bicyclic) bond motifs is 2. The molecule has 35 heavy (non-hydrogen) atoms. The van der Waals surface area contributed by atoms with E-state index in [1.54, 1.807) is 0 Å². The molecule has 0 spiro atoms. The number of hydrogen-bond donors (Lipinski definition) is 2. The number of primary amides is 1. The number of carbonyl (C=O) groups is 3. The van der Waals surface area contributed by atoms with E-state index < -0.39 is 35.8 Å². The predicted molar refractivity (Wildman–Crippen MR) is 134 cm³/mol. The molecule has 0 aliphatic carbocycles. The Balaban J connectivity index is 1.50. The molecule has 1 aliphatic heterocycles. The maximum atomic E-state index is 13.2. The second-order valence-electron chi connectivity index (χ2n) is 7.22. The number of ether oxygens (including phenoxy) is 2. The van der Waals surface area contributed by atoms with Gasteiger partial charge in [-0.05, 0) is 24.3 Å². The summed E-state index contributed by atoms with van der Waals surface area (Å²) in [5.41, 5.74) is 4.64. The van der Waals surface area contributed by atoms with E-state index >= 15 is 0 Å². The maximum Gasteiger partial charge on any atom is 0.375 e. The molecule has 0 radical (unpaired) electrons. The Morgan fingerprint density at radius 2 is 1.63 bits per heavy atom. The molecule has 0 saturated heterocycles. The normalized spacial score (nSPS) is 17.8. The van der Waals surface area contributed by atoms with Crippen LogP contribution in [0.4, 0.5) is 0 Å². The van der Waals surface area contributed by atoms with Crippen molar-refractivity contribution in [3.05, 3.63) is 59.2 Å². The quantitative estimate of drug-likeness (QED) is 0.247. The van der Waals surface area contributed by atoms with E-state index in [9.17, 15) is 19.5 Å². The van der Waals surface area contributed by atoms with Crippen molar-refractivity contribution in [3.63, 3.8) is 0 Å². The predicted octanol–water partition coefficient (Wildman–Crippen LogP) is 3.88. The summed E-state index contributed by atoms with van der Waals surface area (Å²) in [7, 11) is 0. The van der Waals surface area contributed by atoms with E-state index in [-0.39, 0.29) is 10.7 Å². The third kappa shape index (κ3) is 4.59. The van der Waals surface area contributed by atoms with Crippen molar-refractivity contribution < 1.29 is 29.0 Å². The summed E-state index contributed by atoms with van der Waals surface area (Å²) >= 11 is 4.85. The second-order valence-corrected chi connectivity index (χ2v) is 11.8. The molecular weight excluding hydrogens is 531 g/mol. The monoisotopic (exact) mass is 545 g/mol. The molecule has 1 amide bonds. The van der Waals surface area contributed by atoms with Crippen LogP contribution in [-0.4, -0.2) is 50.9 Å². The second kappa shape index (κ2) is 9.49. The summed E-state index contributed by atoms with van der Waals surface area (Å²) in [6.45, 7) is -0.705. The van der Waals surface area contributed by atoms with Gasteiger partial charge in [0.1, 0.15) is 0 Å². The van der Waals surface area contributed by atoms with Gasteiger partial charge in [0, 0.05) is 0 Å². The van der Waals surface area contributed by atoms with Crippen molar-refractivity contribution in [1.29, 1.82) is 0 Å². The number of thioether (sulfide) groups is 2. The van der Waals surface area contributed by atoms with E-state index in [0.29, 0.717) is 8.68 Å². The number of hydrogen-bond acceptors (Lipinski definition) is 12. The van der Waals surface area contributed by atoms with Gasteiger partial charge in [-0.2, -0.15) is 0 Å². The summed E-state index contributed by atoms with van der Waals surface area (Å²) in [5.74, 6) is -3.83. The van der Waals surface area contributed by atoms with Crippen molar-refractivity contribution >= 4 is 84.5 Å². The highest BCUT2D eigenvalue weighted by Gasteiger charge is 2.56. The molecule has 1 atom stereocenters. The smallest absolute Gasteiger partial charge is 0.375 e. The molecule has 0 bridgehead atoms. The fraction of sp³-hybridized carbons (Fsp3) is 0.136. The lowest BCUT2D eigenvalue weighted by atomic mass is 10.1. The molecule has 2 aromatic carbocycles. The van der Waals surface area contributed by atoms with Crippen LogP contribution >= 0.6 is 46.2 Å². The van der Waals surface area contributed by atoms with Crippen LogP contribution in [0.3, 0.4) is 0 Å². The van der Waals surface area contributed by atoms with Gasteiger partial charge >= 0.3 is 11.9 Å². The van der Waals surface area contributed by atoms with Crippen LogP contribution in [0.1, 0.15) is 0 Å². The van der Waals surface area contributed by atoms with Crippen molar-refractivity contribution in [2.45, 2.75) is 14.3 Å². The highest BCUT2D eigenvalue weighted by Crippen LogP contribution is 2.48. The first-order valence-corrected chi connectivity index (χ1v) is 13.4. The number of nitrogens with zero attached hydrogens (tertiary/aromatic N) is 2. The number of nitrogens with two attached hydrogens (primary N) is 1. The third-order valence-electron chi connectivity index (χ3n) is 4.85. The molecule has 1 unspecified atom stereocenters. The first-order chi connectivity index (χ1) is 16.9. The van der Waals surface area contributed by atoms with Gasteiger partial charge in [0.2, 0.25) is 5.76 Å². The van der Waals surface area contributed by atoms with Crippen LogP contribution in [0.15, 0.2) is 67.9 Å². The number of aliphatic hydroxyl groups is 1. The summed E-state index contributed by atoms with van der Waals surface area (Å²) in [6.07, 6.45) is 0. The molecular formula is C22H15N3O6S4. The van der Waals surface area contributed by atoms with E-state index in [0.717, 1.165) is 32.2 Å². The molecule has 3 N–H and O–H groups in total. The number of amides is 1. The van der Waals surface area contributed by atoms with Crippen LogP contribution < -0.4 is 5.73 Å². The van der Waals surface area contributed by atoms with Crippen LogP contribution in [-0.2, 0) is 23.9 Å². The number of aromatic nitrogens is 2. The van der Waals surface area contributed by atoms with E-state index in [1.165, 1.54) is 34.4 Å². The number of para-hydroxylation sites is 2. The summed E-state index contributed by atoms with van der Waals surface area (Å²) in [4.78, 5) is 45.9. The summed E-state index contributed by atoms with van der Waals surface area (Å²) < 4.78 is 13.5. The molecule has 5 rings (SSSR count). The molecule has 3 heterocycles. The molecule has 1 aliphatic rings. The van der Waals surface area contributed by atoms with Gasteiger partial charge in [-0.1, -0.05) is 47.8 Å². The van der Waals surface area contributed by atoms with E-state index in [4.69, 9.17) is 15.2 Å². The average molecular weight is 546 g/mol. The Morgan fingerprint density at radius 3 is 2.26 bits per heavy atom. The van der Waals surface area contributed by atoms with Gasteiger partial charge in [-0.25, -0.2) is 19.6 Å². The Bertz CT molecular complexity index is 1450. The molecule has 4 aromatic rings. The number of thiazole rings is 2. The first kappa shape index (κ1) is 23.6.